The highest BCUT2D eigenvalue weighted by Crippen LogP contribution is 2.37. The molecule has 0 unspecified atom stereocenters. The lowest BCUT2D eigenvalue weighted by Crippen LogP contribution is -1.96. The van der Waals surface area contributed by atoms with Gasteiger partial charge in [0.1, 0.15) is 11.5 Å². The molecule has 2 aromatic rings. The number of methoxy groups -OCH3 is 6. The minimum absolute atomic E-state index is 0.234. The fraction of sp³-hybridized carbons (Fsp3) is 0.261. The lowest BCUT2D eigenvalue weighted by molar-refractivity contribution is -0.110. The predicted octanol–water partition coefficient (Wildman–Crippen LogP) is 4.03. The number of benzene rings is 2. The molecule has 0 aliphatic carbocycles. The molecule has 0 saturated carbocycles. The van der Waals surface area contributed by atoms with Crippen molar-refractivity contribution in [3.8, 4) is 34.5 Å². The largest absolute Gasteiger partial charge is 0.497 e. The number of carbonyl (C=O) groups is 1. The van der Waals surface area contributed by atoms with Crippen LogP contribution in [0.5, 0.6) is 34.5 Å². The first-order chi connectivity index (χ1) is 14.5. The van der Waals surface area contributed by atoms with Crippen LogP contribution in [0.25, 0.3) is 12.2 Å². The molecule has 0 saturated heterocycles. The van der Waals surface area contributed by atoms with Gasteiger partial charge in [-0.1, -0.05) is 0 Å². The number of hydrogen-bond donors (Lipinski definition) is 0. The van der Waals surface area contributed by atoms with E-state index in [-0.39, 0.29) is 5.78 Å². The molecule has 0 atom stereocenters. The zero-order valence-corrected chi connectivity index (χ0v) is 18.0. The number of carbonyl (C=O) groups excluding carboxylic acids is 1. The first kappa shape index (κ1) is 22.7. The normalized spacial score (nSPS) is 10.9. The highest BCUT2D eigenvalue weighted by atomic mass is 16.5. The Hall–Kier alpha value is -3.61. The molecule has 0 heterocycles. The van der Waals surface area contributed by atoms with Gasteiger partial charge in [-0.2, -0.15) is 0 Å². The summed E-state index contributed by atoms with van der Waals surface area (Å²) in [6.07, 6.45) is 6.13. The summed E-state index contributed by atoms with van der Waals surface area (Å²) >= 11 is 0. The molecule has 0 aromatic heterocycles. The molecule has 7 heteroatoms. The topological polar surface area (TPSA) is 72.5 Å². The Labute approximate surface area is 176 Å². The maximum atomic E-state index is 12.4. The van der Waals surface area contributed by atoms with Crippen LogP contribution in [0.3, 0.4) is 0 Å². The summed E-state index contributed by atoms with van der Waals surface area (Å²) in [5.41, 5.74) is 1.30. The quantitative estimate of drug-likeness (QED) is 0.544. The molecule has 0 radical (unpaired) electrons. The summed E-state index contributed by atoms with van der Waals surface area (Å²) in [7, 11) is 9.25. The molecule has 0 spiro atoms. The molecule has 7 nitrogen and oxygen atoms in total. The van der Waals surface area contributed by atoms with Gasteiger partial charge in [0.05, 0.1) is 42.7 Å². The second-order valence-corrected chi connectivity index (χ2v) is 5.97. The summed E-state index contributed by atoms with van der Waals surface area (Å²) in [5, 5.41) is 0. The summed E-state index contributed by atoms with van der Waals surface area (Å²) < 4.78 is 32.0. The van der Waals surface area contributed by atoms with Gasteiger partial charge in [-0.05, 0) is 36.4 Å². The summed E-state index contributed by atoms with van der Waals surface area (Å²) in [5.74, 6) is 2.96. The zero-order valence-electron chi connectivity index (χ0n) is 18.0. The van der Waals surface area contributed by atoms with Gasteiger partial charge in [0.2, 0.25) is 0 Å². The molecule has 30 heavy (non-hydrogen) atoms. The molecule has 0 aliphatic rings. The van der Waals surface area contributed by atoms with Crippen molar-refractivity contribution in [1.82, 2.24) is 0 Å². The molecule has 2 rings (SSSR count). The van der Waals surface area contributed by atoms with E-state index in [4.69, 9.17) is 28.4 Å². The van der Waals surface area contributed by atoms with Gasteiger partial charge in [0, 0.05) is 23.3 Å². The van der Waals surface area contributed by atoms with E-state index in [1.54, 1.807) is 50.6 Å². The van der Waals surface area contributed by atoms with Gasteiger partial charge in [-0.25, -0.2) is 0 Å². The van der Waals surface area contributed by atoms with Crippen molar-refractivity contribution in [2.45, 2.75) is 0 Å². The third-order valence-corrected chi connectivity index (χ3v) is 4.29. The van der Waals surface area contributed by atoms with Crippen molar-refractivity contribution < 1.29 is 33.2 Å². The van der Waals surface area contributed by atoms with Gasteiger partial charge in [-0.3, -0.25) is 4.79 Å². The van der Waals surface area contributed by atoms with Crippen LogP contribution in [-0.4, -0.2) is 48.4 Å². The van der Waals surface area contributed by atoms with Crippen LogP contribution >= 0.6 is 0 Å². The lowest BCUT2D eigenvalue weighted by atomic mass is 10.1. The number of allylic oxidation sites excluding steroid dienone is 2. The third kappa shape index (κ3) is 5.26. The first-order valence-electron chi connectivity index (χ1n) is 9.01. The maximum absolute atomic E-state index is 12.4. The van der Waals surface area contributed by atoms with E-state index >= 15 is 0 Å². The van der Waals surface area contributed by atoms with Crippen LogP contribution in [-0.2, 0) is 4.79 Å². The van der Waals surface area contributed by atoms with E-state index in [0.29, 0.717) is 45.6 Å². The van der Waals surface area contributed by atoms with Gasteiger partial charge >= 0.3 is 0 Å². The molecule has 2 aromatic carbocycles. The minimum atomic E-state index is -0.234. The number of hydrogen-bond acceptors (Lipinski definition) is 7. The van der Waals surface area contributed by atoms with E-state index in [0.717, 1.165) is 0 Å². The summed E-state index contributed by atoms with van der Waals surface area (Å²) in [6.45, 7) is 0. The first-order valence-corrected chi connectivity index (χ1v) is 9.01. The van der Waals surface area contributed by atoms with Crippen molar-refractivity contribution in [2.75, 3.05) is 42.7 Å². The van der Waals surface area contributed by atoms with Crippen LogP contribution in [0.1, 0.15) is 11.1 Å². The van der Waals surface area contributed by atoms with Crippen molar-refractivity contribution in [3.05, 3.63) is 47.5 Å². The standard InChI is InChI=1S/C23H26O7/c1-25-18-11-15(22(29-5)20(13-18)27-3)7-9-17(24)10-8-16-12-19(26-2)14-21(28-4)23(16)30-6/h7-14H,1-6H3. The van der Waals surface area contributed by atoms with E-state index in [2.05, 4.69) is 0 Å². The Bertz CT molecular complexity index is 870. The maximum Gasteiger partial charge on any atom is 0.178 e. The average molecular weight is 414 g/mol. The second kappa shape index (κ2) is 10.8. The summed E-state index contributed by atoms with van der Waals surface area (Å²) in [4.78, 5) is 12.4. The fourth-order valence-corrected chi connectivity index (χ4v) is 2.82. The smallest absolute Gasteiger partial charge is 0.178 e. The van der Waals surface area contributed by atoms with Crippen LogP contribution in [0, 0.1) is 0 Å². The van der Waals surface area contributed by atoms with Crippen LogP contribution in [0.4, 0.5) is 0 Å². The minimum Gasteiger partial charge on any atom is -0.497 e. The van der Waals surface area contributed by atoms with Crippen LogP contribution < -0.4 is 28.4 Å². The van der Waals surface area contributed by atoms with Crippen molar-refractivity contribution >= 4 is 17.9 Å². The highest BCUT2D eigenvalue weighted by molar-refractivity contribution is 6.05. The zero-order chi connectivity index (χ0) is 22.1. The molecule has 0 aliphatic heterocycles. The Morgan fingerprint density at radius 1 is 0.600 bits per heavy atom. The Morgan fingerprint density at radius 2 is 1.00 bits per heavy atom. The van der Waals surface area contributed by atoms with Gasteiger partial charge in [-0.15, -0.1) is 0 Å². The number of ketones is 1. The number of ether oxygens (including phenoxy) is 6. The van der Waals surface area contributed by atoms with Crippen LogP contribution in [0.2, 0.25) is 0 Å². The van der Waals surface area contributed by atoms with Crippen LogP contribution in [0.15, 0.2) is 36.4 Å². The molecular formula is C23H26O7. The van der Waals surface area contributed by atoms with E-state index in [9.17, 15) is 4.79 Å². The predicted molar refractivity (Wildman–Crippen MR) is 115 cm³/mol. The Balaban J connectivity index is 2.32. The van der Waals surface area contributed by atoms with E-state index in [1.807, 2.05) is 0 Å². The monoisotopic (exact) mass is 414 g/mol. The highest BCUT2D eigenvalue weighted by Gasteiger charge is 2.12. The lowest BCUT2D eigenvalue weighted by Gasteiger charge is -2.12. The number of rotatable bonds is 10. The SMILES string of the molecule is COc1cc(C=CC(=O)C=Cc2cc(OC)cc(OC)c2OC)c(OC)c(OC)c1. The van der Waals surface area contributed by atoms with Gasteiger partial charge in [0.25, 0.3) is 0 Å². The Morgan fingerprint density at radius 3 is 1.30 bits per heavy atom. The van der Waals surface area contributed by atoms with Crippen molar-refractivity contribution in [2.24, 2.45) is 0 Å². The van der Waals surface area contributed by atoms with E-state index < -0.39 is 0 Å². The second-order valence-electron chi connectivity index (χ2n) is 5.97. The molecule has 0 amide bonds. The average Bonchev–Trinajstić information content (AvgIpc) is 2.79. The fourth-order valence-electron chi connectivity index (χ4n) is 2.82. The van der Waals surface area contributed by atoms with E-state index in [1.165, 1.54) is 40.6 Å². The van der Waals surface area contributed by atoms with Gasteiger partial charge in [0.15, 0.2) is 28.8 Å². The Kier molecular flexibility index (Phi) is 8.17. The molecular weight excluding hydrogens is 388 g/mol. The van der Waals surface area contributed by atoms with Crippen molar-refractivity contribution in [1.29, 1.82) is 0 Å². The van der Waals surface area contributed by atoms with Gasteiger partial charge < -0.3 is 28.4 Å². The molecule has 0 fully saturated rings. The molecule has 0 N–H and O–H groups in total. The summed E-state index contributed by atoms with van der Waals surface area (Å²) in [6, 6.07) is 6.93. The molecule has 160 valence electrons. The van der Waals surface area contributed by atoms with Crippen molar-refractivity contribution in [3.63, 3.8) is 0 Å². The molecule has 0 bridgehead atoms. The third-order valence-electron chi connectivity index (χ3n) is 4.29.